The summed E-state index contributed by atoms with van der Waals surface area (Å²) in [6.07, 6.45) is -4.89. The molecule has 178 valence electrons. The quantitative estimate of drug-likeness (QED) is 0.541. The second kappa shape index (κ2) is 9.19. The topological polar surface area (TPSA) is 66.5 Å². The van der Waals surface area contributed by atoms with Crippen LogP contribution in [-0.2, 0) is 40.5 Å². The normalized spacial score (nSPS) is 16.6. The van der Waals surface area contributed by atoms with E-state index in [-0.39, 0.29) is 19.5 Å². The molecule has 0 aliphatic carbocycles. The zero-order valence-corrected chi connectivity index (χ0v) is 18.5. The molecule has 5 nitrogen and oxygen atoms in total. The van der Waals surface area contributed by atoms with Gasteiger partial charge in [-0.2, -0.15) is 17.5 Å². The van der Waals surface area contributed by atoms with Gasteiger partial charge in [0.2, 0.25) is 15.9 Å². The van der Waals surface area contributed by atoms with Gasteiger partial charge in [0.25, 0.3) is 0 Å². The van der Waals surface area contributed by atoms with Crippen molar-refractivity contribution in [3.8, 4) is 0 Å². The molecule has 34 heavy (non-hydrogen) atoms. The molecule has 1 atom stereocenters. The highest BCUT2D eigenvalue weighted by molar-refractivity contribution is 7.89. The van der Waals surface area contributed by atoms with Gasteiger partial charge in [-0.3, -0.25) is 4.79 Å². The number of sulfonamides is 1. The second-order valence-electron chi connectivity index (χ2n) is 7.88. The van der Waals surface area contributed by atoms with Crippen LogP contribution < -0.4 is 5.32 Å². The maximum atomic E-state index is 13.6. The maximum Gasteiger partial charge on any atom is 0.417 e. The summed E-state index contributed by atoms with van der Waals surface area (Å²) in [7, 11) is -4.70. The number of amides is 1. The number of hydrogen-bond acceptors (Lipinski definition) is 3. The summed E-state index contributed by atoms with van der Waals surface area (Å²) < 4.78 is 81.7. The first-order valence-electron chi connectivity index (χ1n) is 10.3. The number of halogens is 4. The molecule has 0 fully saturated rings. The second-order valence-corrected chi connectivity index (χ2v) is 9.74. The lowest BCUT2D eigenvalue weighted by Crippen LogP contribution is -2.52. The van der Waals surface area contributed by atoms with Gasteiger partial charge in [-0.1, -0.05) is 48.5 Å². The Balaban J connectivity index is 1.70. The summed E-state index contributed by atoms with van der Waals surface area (Å²) in [6, 6.07) is 14.9. The van der Waals surface area contributed by atoms with E-state index in [1.165, 1.54) is 30.3 Å². The Bertz CT molecular complexity index is 1310. The van der Waals surface area contributed by atoms with Gasteiger partial charge < -0.3 is 5.32 Å². The monoisotopic (exact) mass is 492 g/mol. The summed E-state index contributed by atoms with van der Waals surface area (Å²) in [6.45, 7) is -0.246. The molecule has 1 N–H and O–H groups in total. The first kappa shape index (κ1) is 23.9. The van der Waals surface area contributed by atoms with Crippen molar-refractivity contribution in [1.29, 1.82) is 0 Å². The lowest BCUT2D eigenvalue weighted by Gasteiger charge is -2.35. The summed E-state index contributed by atoms with van der Waals surface area (Å²) in [5.74, 6) is -1.11. The van der Waals surface area contributed by atoms with Gasteiger partial charge in [-0.15, -0.1) is 0 Å². The molecule has 1 amide bonds. The minimum Gasteiger partial charge on any atom is -0.351 e. The highest BCUT2D eigenvalue weighted by Crippen LogP contribution is 2.37. The number of hydrogen-bond donors (Lipinski definition) is 1. The molecule has 1 aliphatic rings. The van der Waals surface area contributed by atoms with Gasteiger partial charge in [-0.25, -0.2) is 12.8 Å². The molecule has 0 saturated heterocycles. The first-order valence-corrected chi connectivity index (χ1v) is 11.8. The van der Waals surface area contributed by atoms with E-state index in [1.54, 1.807) is 24.3 Å². The van der Waals surface area contributed by atoms with E-state index in [0.29, 0.717) is 17.2 Å². The molecule has 4 rings (SSSR count). The Kier molecular flexibility index (Phi) is 6.46. The minimum absolute atomic E-state index is 0.00115. The predicted molar refractivity (Wildman–Crippen MR) is 116 cm³/mol. The van der Waals surface area contributed by atoms with Crippen LogP contribution in [0, 0.1) is 5.82 Å². The van der Waals surface area contributed by atoms with Gasteiger partial charge >= 0.3 is 6.18 Å². The van der Waals surface area contributed by atoms with Crippen molar-refractivity contribution in [3.63, 3.8) is 0 Å². The van der Waals surface area contributed by atoms with Gasteiger partial charge in [0.15, 0.2) is 0 Å². The average molecular weight is 492 g/mol. The zero-order valence-electron chi connectivity index (χ0n) is 17.7. The SMILES string of the molecule is O=C(NCc1ccc(F)cc1)[C@H]1Cc2ccccc2CN1S(=O)(=O)c1ccccc1C(F)(F)F. The van der Waals surface area contributed by atoms with Crippen LogP contribution in [0.1, 0.15) is 22.3 Å². The zero-order chi connectivity index (χ0) is 24.5. The fourth-order valence-corrected chi connectivity index (χ4v) is 5.72. The van der Waals surface area contributed by atoms with Gasteiger partial charge in [0, 0.05) is 13.1 Å². The first-order chi connectivity index (χ1) is 16.1. The maximum absolute atomic E-state index is 13.6. The Morgan fingerprint density at radius 2 is 1.56 bits per heavy atom. The number of carbonyl (C=O) groups excluding carboxylic acids is 1. The van der Waals surface area contributed by atoms with Crippen molar-refractivity contribution >= 4 is 15.9 Å². The smallest absolute Gasteiger partial charge is 0.351 e. The molecule has 0 saturated carbocycles. The highest BCUT2D eigenvalue weighted by Gasteiger charge is 2.44. The van der Waals surface area contributed by atoms with Crippen molar-refractivity contribution < 1.29 is 30.8 Å². The Labute approximate surface area is 194 Å². The van der Waals surface area contributed by atoms with Crippen LogP contribution in [-0.4, -0.2) is 24.7 Å². The van der Waals surface area contributed by atoms with Crippen LogP contribution in [0.3, 0.4) is 0 Å². The molecule has 0 unspecified atom stereocenters. The summed E-state index contributed by atoms with van der Waals surface area (Å²) >= 11 is 0. The molecule has 3 aromatic carbocycles. The molecule has 0 spiro atoms. The highest BCUT2D eigenvalue weighted by atomic mass is 32.2. The third-order valence-electron chi connectivity index (χ3n) is 5.67. The van der Waals surface area contributed by atoms with Crippen LogP contribution in [0.5, 0.6) is 0 Å². The fraction of sp³-hybridized carbons (Fsp3) is 0.208. The van der Waals surface area contributed by atoms with Crippen molar-refractivity contribution in [2.24, 2.45) is 0 Å². The number of carbonyl (C=O) groups is 1. The molecule has 0 bridgehead atoms. The van der Waals surface area contributed by atoms with E-state index in [1.807, 2.05) is 0 Å². The van der Waals surface area contributed by atoms with Gasteiger partial charge in [0.1, 0.15) is 11.9 Å². The number of benzene rings is 3. The molecule has 3 aromatic rings. The summed E-state index contributed by atoms with van der Waals surface area (Å²) in [5.41, 5.74) is 0.639. The van der Waals surface area contributed by atoms with Crippen LogP contribution in [0.15, 0.2) is 77.7 Å². The van der Waals surface area contributed by atoms with Crippen molar-refractivity contribution in [1.82, 2.24) is 9.62 Å². The van der Waals surface area contributed by atoms with Crippen LogP contribution in [0.25, 0.3) is 0 Å². The molecule has 0 radical (unpaired) electrons. The van der Waals surface area contributed by atoms with Gasteiger partial charge in [0.05, 0.1) is 10.5 Å². The Morgan fingerprint density at radius 1 is 0.941 bits per heavy atom. The van der Waals surface area contributed by atoms with Crippen LogP contribution in [0.4, 0.5) is 17.6 Å². The largest absolute Gasteiger partial charge is 0.417 e. The number of nitrogens with one attached hydrogen (secondary N) is 1. The van der Waals surface area contributed by atoms with E-state index in [0.717, 1.165) is 22.0 Å². The van der Waals surface area contributed by atoms with E-state index in [9.17, 15) is 30.8 Å². The predicted octanol–water partition coefficient (Wildman–Crippen LogP) is 4.28. The Morgan fingerprint density at radius 3 is 2.24 bits per heavy atom. The lowest BCUT2D eigenvalue weighted by atomic mass is 9.95. The molecule has 10 heteroatoms. The van der Waals surface area contributed by atoms with Crippen LogP contribution in [0.2, 0.25) is 0 Å². The summed E-state index contributed by atoms with van der Waals surface area (Å²) in [5, 5.41) is 2.63. The third kappa shape index (κ3) is 4.83. The average Bonchev–Trinajstić information content (AvgIpc) is 2.82. The van der Waals surface area contributed by atoms with Crippen molar-refractivity contribution in [3.05, 3.63) is 101 Å². The molecular weight excluding hydrogens is 472 g/mol. The van der Waals surface area contributed by atoms with E-state index >= 15 is 0 Å². The molecule has 1 heterocycles. The Hall–Kier alpha value is -3.24. The van der Waals surface area contributed by atoms with Crippen LogP contribution >= 0.6 is 0 Å². The number of nitrogens with zero attached hydrogens (tertiary/aromatic N) is 1. The summed E-state index contributed by atoms with van der Waals surface area (Å²) in [4.78, 5) is 12.2. The van der Waals surface area contributed by atoms with E-state index in [4.69, 9.17) is 0 Å². The molecule has 1 aliphatic heterocycles. The van der Waals surface area contributed by atoms with E-state index in [2.05, 4.69) is 5.32 Å². The standard InChI is InChI=1S/C24H20F4N2O3S/c25-19-11-9-16(10-12-19)14-29-23(31)21-13-17-5-1-2-6-18(17)15-30(21)34(32,33)22-8-4-3-7-20(22)24(26,27)28/h1-12,21H,13-15H2,(H,29,31)/t21-/m1/s1. The van der Waals surface area contributed by atoms with E-state index < -0.39 is 44.4 Å². The number of alkyl halides is 3. The minimum atomic E-state index is -4.89. The third-order valence-corrected chi connectivity index (χ3v) is 7.58. The number of rotatable bonds is 5. The van der Waals surface area contributed by atoms with Crippen molar-refractivity contribution in [2.45, 2.75) is 36.6 Å². The molecule has 0 aromatic heterocycles. The molecular formula is C24H20F4N2O3S. The lowest BCUT2D eigenvalue weighted by molar-refractivity contribution is -0.139. The fourth-order valence-electron chi connectivity index (χ4n) is 3.94. The number of fused-ring (bicyclic) bond motifs is 1. The van der Waals surface area contributed by atoms with Crippen molar-refractivity contribution in [2.75, 3.05) is 0 Å². The van der Waals surface area contributed by atoms with Gasteiger partial charge in [-0.05, 0) is 47.4 Å².